The van der Waals surface area contributed by atoms with Gasteiger partial charge in [0.15, 0.2) is 0 Å². The van der Waals surface area contributed by atoms with Gasteiger partial charge in [0.25, 0.3) is 0 Å². The highest BCUT2D eigenvalue weighted by Gasteiger charge is 2.36. The molecule has 1 saturated carbocycles. The first-order valence-corrected chi connectivity index (χ1v) is 7.68. The first-order valence-electron chi connectivity index (χ1n) is 7.68. The molecule has 0 aromatic heterocycles. The maximum Gasteiger partial charge on any atom is 0.0755 e. The summed E-state index contributed by atoms with van der Waals surface area (Å²) < 4.78 is 5.99. The third kappa shape index (κ3) is 5.87. The Morgan fingerprint density at radius 1 is 1.12 bits per heavy atom. The Labute approximate surface area is 108 Å². The van der Waals surface area contributed by atoms with E-state index in [0.717, 1.165) is 19.1 Å². The van der Waals surface area contributed by atoms with Gasteiger partial charge in [0.05, 0.1) is 6.10 Å². The van der Waals surface area contributed by atoms with Crippen LogP contribution in [-0.4, -0.2) is 25.3 Å². The summed E-state index contributed by atoms with van der Waals surface area (Å²) in [6.45, 7) is 8.63. The van der Waals surface area contributed by atoms with E-state index in [2.05, 4.69) is 26.1 Å². The SMILES string of the molecule is CCCCCC(NCCC)C(OCC)C1CC1. The Morgan fingerprint density at radius 2 is 1.88 bits per heavy atom. The molecule has 2 atom stereocenters. The van der Waals surface area contributed by atoms with Gasteiger partial charge < -0.3 is 10.1 Å². The molecule has 1 aliphatic rings. The van der Waals surface area contributed by atoms with Crippen molar-refractivity contribution in [2.75, 3.05) is 13.2 Å². The summed E-state index contributed by atoms with van der Waals surface area (Å²) in [5.41, 5.74) is 0. The van der Waals surface area contributed by atoms with Crippen LogP contribution in [0.25, 0.3) is 0 Å². The predicted molar refractivity (Wildman–Crippen MR) is 74.4 cm³/mol. The summed E-state index contributed by atoms with van der Waals surface area (Å²) in [6.07, 6.45) is 9.74. The van der Waals surface area contributed by atoms with Gasteiger partial charge in [-0.3, -0.25) is 0 Å². The van der Waals surface area contributed by atoms with Crippen LogP contribution in [0.3, 0.4) is 0 Å². The second-order valence-corrected chi connectivity index (χ2v) is 5.31. The normalized spacial score (nSPS) is 19.2. The maximum absolute atomic E-state index is 5.99. The van der Waals surface area contributed by atoms with Crippen LogP contribution in [0, 0.1) is 5.92 Å². The fourth-order valence-electron chi connectivity index (χ4n) is 2.52. The second kappa shape index (κ2) is 8.93. The van der Waals surface area contributed by atoms with Crippen LogP contribution in [0.2, 0.25) is 0 Å². The molecule has 1 aliphatic carbocycles. The zero-order valence-electron chi connectivity index (χ0n) is 12.0. The van der Waals surface area contributed by atoms with Crippen LogP contribution in [0.5, 0.6) is 0 Å². The highest BCUT2D eigenvalue weighted by atomic mass is 16.5. The molecule has 0 spiro atoms. The summed E-state index contributed by atoms with van der Waals surface area (Å²) in [7, 11) is 0. The maximum atomic E-state index is 5.99. The third-order valence-electron chi connectivity index (χ3n) is 3.62. The average Bonchev–Trinajstić information content (AvgIpc) is 3.15. The molecule has 0 aromatic rings. The summed E-state index contributed by atoms with van der Waals surface area (Å²) in [4.78, 5) is 0. The number of hydrogen-bond acceptors (Lipinski definition) is 2. The van der Waals surface area contributed by atoms with Gasteiger partial charge in [-0.15, -0.1) is 0 Å². The zero-order valence-corrected chi connectivity index (χ0v) is 12.0. The molecule has 2 nitrogen and oxygen atoms in total. The van der Waals surface area contributed by atoms with E-state index in [-0.39, 0.29) is 0 Å². The van der Waals surface area contributed by atoms with Crippen molar-refractivity contribution in [2.45, 2.75) is 77.9 Å². The van der Waals surface area contributed by atoms with Crippen LogP contribution < -0.4 is 5.32 Å². The second-order valence-electron chi connectivity index (χ2n) is 5.31. The highest BCUT2D eigenvalue weighted by Crippen LogP contribution is 2.36. The van der Waals surface area contributed by atoms with Crippen molar-refractivity contribution in [2.24, 2.45) is 5.92 Å². The van der Waals surface area contributed by atoms with Crippen molar-refractivity contribution < 1.29 is 4.74 Å². The molecule has 1 fully saturated rings. The minimum absolute atomic E-state index is 0.475. The molecule has 0 bridgehead atoms. The summed E-state index contributed by atoms with van der Waals surface area (Å²) >= 11 is 0. The molecule has 0 aromatic carbocycles. The fourth-order valence-corrected chi connectivity index (χ4v) is 2.52. The Kier molecular flexibility index (Phi) is 7.87. The Balaban J connectivity index is 2.39. The molecule has 1 rings (SSSR count). The highest BCUT2D eigenvalue weighted by molar-refractivity contribution is 4.90. The number of hydrogen-bond donors (Lipinski definition) is 1. The predicted octanol–water partition coefficient (Wildman–Crippen LogP) is 3.75. The lowest BCUT2D eigenvalue weighted by molar-refractivity contribution is 0.0164. The lowest BCUT2D eigenvalue weighted by Gasteiger charge is -2.28. The molecule has 0 heterocycles. The van der Waals surface area contributed by atoms with Gasteiger partial charge in [-0.1, -0.05) is 33.1 Å². The Bertz CT molecular complexity index is 180. The van der Waals surface area contributed by atoms with E-state index in [9.17, 15) is 0 Å². The van der Waals surface area contributed by atoms with E-state index in [0.29, 0.717) is 12.1 Å². The summed E-state index contributed by atoms with van der Waals surface area (Å²) in [6, 6.07) is 0.592. The average molecular weight is 241 g/mol. The van der Waals surface area contributed by atoms with Crippen LogP contribution in [0.15, 0.2) is 0 Å². The van der Waals surface area contributed by atoms with Crippen molar-refractivity contribution in [3.63, 3.8) is 0 Å². The van der Waals surface area contributed by atoms with Crippen LogP contribution in [0.1, 0.15) is 65.7 Å². The molecule has 1 N–H and O–H groups in total. The van der Waals surface area contributed by atoms with Gasteiger partial charge in [-0.25, -0.2) is 0 Å². The van der Waals surface area contributed by atoms with E-state index in [4.69, 9.17) is 4.74 Å². The van der Waals surface area contributed by atoms with Crippen LogP contribution >= 0.6 is 0 Å². The Morgan fingerprint density at radius 3 is 2.41 bits per heavy atom. The standard InChI is InChI=1S/C15H31NO/c1-4-7-8-9-14(16-12-5-2)15(17-6-3)13-10-11-13/h13-16H,4-12H2,1-3H3. The van der Waals surface area contributed by atoms with Crippen LogP contribution in [0.4, 0.5) is 0 Å². The number of ether oxygens (including phenoxy) is 1. The summed E-state index contributed by atoms with van der Waals surface area (Å²) in [5, 5.41) is 3.71. The Hall–Kier alpha value is -0.0800. The molecular weight excluding hydrogens is 210 g/mol. The van der Waals surface area contributed by atoms with Gasteiger partial charge >= 0.3 is 0 Å². The van der Waals surface area contributed by atoms with Crippen molar-refractivity contribution in [1.29, 1.82) is 0 Å². The zero-order chi connectivity index (χ0) is 12.5. The van der Waals surface area contributed by atoms with Gasteiger partial charge in [-0.05, 0) is 45.1 Å². The molecule has 2 heteroatoms. The van der Waals surface area contributed by atoms with Crippen molar-refractivity contribution in [3.05, 3.63) is 0 Å². The van der Waals surface area contributed by atoms with Gasteiger partial charge in [0, 0.05) is 12.6 Å². The first-order chi connectivity index (χ1) is 8.33. The molecular formula is C15H31NO. The largest absolute Gasteiger partial charge is 0.377 e. The third-order valence-corrected chi connectivity index (χ3v) is 3.62. The number of nitrogens with one attached hydrogen (secondary N) is 1. The van der Waals surface area contributed by atoms with Gasteiger partial charge in [0.2, 0.25) is 0 Å². The van der Waals surface area contributed by atoms with Crippen LogP contribution in [-0.2, 0) is 4.74 Å². The number of unbranched alkanes of at least 4 members (excludes halogenated alkanes) is 2. The molecule has 102 valence electrons. The fraction of sp³-hybridized carbons (Fsp3) is 1.00. The smallest absolute Gasteiger partial charge is 0.0755 e. The van der Waals surface area contributed by atoms with Crippen molar-refractivity contribution in [1.82, 2.24) is 5.32 Å². The monoisotopic (exact) mass is 241 g/mol. The quantitative estimate of drug-likeness (QED) is 0.556. The topological polar surface area (TPSA) is 21.3 Å². The van der Waals surface area contributed by atoms with E-state index >= 15 is 0 Å². The first kappa shape index (κ1) is 15.0. The molecule has 0 aliphatic heterocycles. The molecule has 0 radical (unpaired) electrons. The van der Waals surface area contributed by atoms with Gasteiger partial charge in [0.1, 0.15) is 0 Å². The molecule has 17 heavy (non-hydrogen) atoms. The minimum Gasteiger partial charge on any atom is -0.377 e. The molecule has 2 unspecified atom stereocenters. The summed E-state index contributed by atoms with van der Waals surface area (Å²) in [5.74, 6) is 0.839. The molecule has 0 saturated heterocycles. The van der Waals surface area contributed by atoms with Gasteiger partial charge in [-0.2, -0.15) is 0 Å². The number of rotatable bonds is 11. The molecule has 0 amide bonds. The minimum atomic E-state index is 0.475. The van der Waals surface area contributed by atoms with E-state index in [1.165, 1.54) is 44.9 Å². The van der Waals surface area contributed by atoms with E-state index in [1.54, 1.807) is 0 Å². The lowest BCUT2D eigenvalue weighted by atomic mass is 9.99. The van der Waals surface area contributed by atoms with Crippen molar-refractivity contribution in [3.8, 4) is 0 Å². The van der Waals surface area contributed by atoms with E-state index < -0.39 is 0 Å². The van der Waals surface area contributed by atoms with E-state index in [1.807, 2.05) is 0 Å². The van der Waals surface area contributed by atoms with Crippen molar-refractivity contribution >= 4 is 0 Å². The lowest BCUT2D eigenvalue weighted by Crippen LogP contribution is -2.43.